The van der Waals surface area contributed by atoms with Gasteiger partial charge in [-0.1, -0.05) is 42.0 Å². The molecule has 1 aliphatic heterocycles. The molecule has 4 rings (SSSR count). The molecule has 0 bridgehead atoms. The van der Waals surface area contributed by atoms with Gasteiger partial charge in [-0.2, -0.15) is 4.98 Å². The van der Waals surface area contributed by atoms with Gasteiger partial charge in [0.15, 0.2) is 0 Å². The number of hydrogen-bond acceptors (Lipinski definition) is 5. The Morgan fingerprint density at radius 1 is 1.18 bits per heavy atom. The van der Waals surface area contributed by atoms with Gasteiger partial charge in [-0.15, -0.1) is 0 Å². The average molecular weight is 376 g/mol. The number of nitrogens with zero attached hydrogens (tertiary/aromatic N) is 1. The molecule has 7 heteroatoms. The van der Waals surface area contributed by atoms with Gasteiger partial charge in [0, 0.05) is 12.3 Å². The Hall–Kier alpha value is -3.61. The smallest absolute Gasteiger partial charge is 0.258 e. The first-order chi connectivity index (χ1) is 13.5. The molecule has 2 heterocycles. The van der Waals surface area contributed by atoms with Gasteiger partial charge >= 0.3 is 0 Å². The molecule has 142 valence electrons. The number of anilines is 2. The zero-order valence-electron chi connectivity index (χ0n) is 15.4. The van der Waals surface area contributed by atoms with Crippen LogP contribution in [0.15, 0.2) is 53.3 Å². The number of fused-ring (bicyclic) bond motifs is 1. The normalized spacial score (nSPS) is 15.6. The van der Waals surface area contributed by atoms with Gasteiger partial charge < -0.3 is 15.8 Å². The van der Waals surface area contributed by atoms with E-state index in [4.69, 9.17) is 10.5 Å². The molecule has 2 aromatic carbocycles. The van der Waals surface area contributed by atoms with Crippen molar-refractivity contribution in [3.63, 3.8) is 0 Å². The summed E-state index contributed by atoms with van der Waals surface area (Å²) in [5.74, 6) is 0.336. The number of hydrogen-bond donors (Lipinski definition) is 3. The van der Waals surface area contributed by atoms with Crippen LogP contribution in [-0.2, 0) is 11.4 Å². The van der Waals surface area contributed by atoms with Crippen LogP contribution in [0, 0.1) is 6.92 Å². The minimum absolute atomic E-state index is 0.0235. The van der Waals surface area contributed by atoms with Crippen LogP contribution in [0.4, 0.5) is 11.8 Å². The lowest BCUT2D eigenvalue weighted by atomic mass is 9.87. The Balaban J connectivity index is 1.56. The second kappa shape index (κ2) is 7.19. The number of nitrogen functional groups attached to an aromatic ring is 1. The van der Waals surface area contributed by atoms with Crippen LogP contribution in [0.3, 0.4) is 0 Å². The summed E-state index contributed by atoms with van der Waals surface area (Å²) in [5.41, 5.74) is 8.79. The van der Waals surface area contributed by atoms with E-state index < -0.39 is 0 Å². The van der Waals surface area contributed by atoms with Crippen molar-refractivity contribution in [2.75, 3.05) is 11.1 Å². The van der Waals surface area contributed by atoms with Crippen LogP contribution in [0.2, 0.25) is 0 Å². The average Bonchev–Trinajstić information content (AvgIpc) is 2.65. The fourth-order valence-corrected chi connectivity index (χ4v) is 3.44. The summed E-state index contributed by atoms with van der Waals surface area (Å²) in [6.07, 6.45) is 0.172. The summed E-state index contributed by atoms with van der Waals surface area (Å²) in [6.45, 7) is 2.51. The van der Waals surface area contributed by atoms with Crippen LogP contribution in [0.1, 0.15) is 34.6 Å². The van der Waals surface area contributed by atoms with Crippen LogP contribution >= 0.6 is 0 Å². The van der Waals surface area contributed by atoms with Crippen molar-refractivity contribution in [3.8, 4) is 5.75 Å². The third kappa shape index (κ3) is 3.59. The topological polar surface area (TPSA) is 110 Å². The Labute approximate surface area is 161 Å². The third-order valence-corrected chi connectivity index (χ3v) is 4.74. The third-order valence-electron chi connectivity index (χ3n) is 4.74. The molecule has 1 atom stereocenters. The highest BCUT2D eigenvalue weighted by atomic mass is 16.5. The van der Waals surface area contributed by atoms with E-state index in [1.54, 1.807) is 0 Å². The van der Waals surface area contributed by atoms with Gasteiger partial charge in [-0.05, 0) is 30.2 Å². The lowest BCUT2D eigenvalue weighted by molar-refractivity contribution is -0.116. The van der Waals surface area contributed by atoms with Gasteiger partial charge in [0.25, 0.3) is 5.56 Å². The summed E-state index contributed by atoms with van der Waals surface area (Å²) in [7, 11) is 0. The molecule has 1 amide bonds. The number of rotatable bonds is 4. The summed E-state index contributed by atoms with van der Waals surface area (Å²) < 4.78 is 5.84. The number of carbonyl (C=O) groups excluding carboxylic acids is 1. The Morgan fingerprint density at radius 3 is 2.71 bits per heavy atom. The van der Waals surface area contributed by atoms with Crippen molar-refractivity contribution in [2.24, 2.45) is 0 Å². The van der Waals surface area contributed by atoms with E-state index in [2.05, 4.69) is 21.4 Å². The van der Waals surface area contributed by atoms with E-state index in [0.717, 1.165) is 16.9 Å². The second-order valence-corrected chi connectivity index (χ2v) is 6.87. The lowest BCUT2D eigenvalue weighted by Gasteiger charge is -2.24. The Kier molecular flexibility index (Phi) is 4.57. The van der Waals surface area contributed by atoms with Crippen molar-refractivity contribution in [1.82, 2.24) is 9.97 Å². The first-order valence-corrected chi connectivity index (χ1v) is 8.97. The SMILES string of the molecule is Cc1cccc(COc2ccc(C3CC(=O)Nc4nc(N)[nH]c(=O)c43)cc2)c1. The number of benzene rings is 2. The minimum atomic E-state index is -0.383. The highest BCUT2D eigenvalue weighted by Crippen LogP contribution is 2.34. The van der Waals surface area contributed by atoms with Gasteiger partial charge in [0.1, 0.15) is 18.2 Å². The van der Waals surface area contributed by atoms with E-state index in [9.17, 15) is 9.59 Å². The van der Waals surface area contributed by atoms with Gasteiger partial charge in [0.05, 0.1) is 5.56 Å². The van der Waals surface area contributed by atoms with Crippen molar-refractivity contribution in [3.05, 3.63) is 81.1 Å². The Morgan fingerprint density at radius 2 is 1.96 bits per heavy atom. The maximum Gasteiger partial charge on any atom is 0.258 e. The van der Waals surface area contributed by atoms with Crippen molar-refractivity contribution in [2.45, 2.75) is 25.9 Å². The molecule has 0 fully saturated rings. The van der Waals surface area contributed by atoms with E-state index in [1.807, 2.05) is 49.4 Å². The number of amides is 1. The molecule has 1 unspecified atom stereocenters. The number of ether oxygens (including phenoxy) is 1. The molecule has 1 aromatic heterocycles. The molecule has 0 saturated carbocycles. The molecule has 4 N–H and O–H groups in total. The van der Waals surface area contributed by atoms with E-state index in [1.165, 1.54) is 5.56 Å². The number of aryl methyl sites for hydroxylation is 1. The standard InChI is InChI=1S/C21H20N4O3/c1-12-3-2-4-13(9-12)11-28-15-7-5-14(6-8-15)16-10-17(26)23-19-18(16)20(27)25-21(22)24-19/h2-9,16H,10-11H2,1H3,(H4,22,23,24,25,26,27). The molecule has 0 saturated heterocycles. The molecular weight excluding hydrogens is 356 g/mol. The van der Waals surface area contributed by atoms with Crippen LogP contribution in [0.5, 0.6) is 5.75 Å². The molecule has 0 aliphatic carbocycles. The summed E-state index contributed by atoms with van der Waals surface area (Å²) >= 11 is 0. The predicted molar refractivity (Wildman–Crippen MR) is 106 cm³/mol. The zero-order valence-corrected chi connectivity index (χ0v) is 15.4. The number of H-pyrrole nitrogens is 1. The molecule has 0 spiro atoms. The highest BCUT2D eigenvalue weighted by molar-refractivity contribution is 5.94. The van der Waals surface area contributed by atoms with Crippen LogP contribution in [0.25, 0.3) is 0 Å². The number of carbonyl (C=O) groups is 1. The van der Waals surface area contributed by atoms with Crippen molar-refractivity contribution < 1.29 is 9.53 Å². The fraction of sp³-hybridized carbons (Fsp3) is 0.190. The minimum Gasteiger partial charge on any atom is -0.489 e. The van der Waals surface area contributed by atoms with Crippen molar-refractivity contribution >= 4 is 17.7 Å². The number of aromatic amines is 1. The van der Waals surface area contributed by atoms with Gasteiger partial charge in [-0.25, -0.2) is 0 Å². The molecule has 1 aliphatic rings. The maximum atomic E-state index is 12.4. The largest absolute Gasteiger partial charge is 0.489 e. The van der Waals surface area contributed by atoms with Crippen LogP contribution < -0.4 is 21.3 Å². The van der Waals surface area contributed by atoms with Gasteiger partial charge in [0.2, 0.25) is 11.9 Å². The number of nitrogens with two attached hydrogens (primary N) is 1. The fourth-order valence-electron chi connectivity index (χ4n) is 3.44. The maximum absolute atomic E-state index is 12.4. The first kappa shape index (κ1) is 17.8. The lowest BCUT2D eigenvalue weighted by Crippen LogP contribution is -2.31. The summed E-state index contributed by atoms with van der Waals surface area (Å²) in [5, 5.41) is 2.62. The molecule has 28 heavy (non-hydrogen) atoms. The molecular formula is C21H20N4O3. The Bertz CT molecular complexity index is 1090. The predicted octanol–water partition coefficient (Wildman–Crippen LogP) is 2.71. The highest BCUT2D eigenvalue weighted by Gasteiger charge is 2.30. The van der Waals surface area contributed by atoms with E-state index >= 15 is 0 Å². The molecule has 3 aromatic rings. The molecule has 0 radical (unpaired) electrons. The monoisotopic (exact) mass is 376 g/mol. The van der Waals surface area contributed by atoms with E-state index in [-0.39, 0.29) is 35.6 Å². The number of aromatic nitrogens is 2. The number of nitrogens with one attached hydrogen (secondary N) is 2. The van der Waals surface area contributed by atoms with Crippen molar-refractivity contribution in [1.29, 1.82) is 0 Å². The van der Waals surface area contributed by atoms with Crippen LogP contribution in [-0.4, -0.2) is 15.9 Å². The summed E-state index contributed by atoms with van der Waals surface area (Å²) in [6, 6.07) is 15.6. The second-order valence-electron chi connectivity index (χ2n) is 6.87. The quantitative estimate of drug-likeness (QED) is 0.648. The molecule has 7 nitrogen and oxygen atoms in total. The van der Waals surface area contributed by atoms with E-state index in [0.29, 0.717) is 12.2 Å². The summed E-state index contributed by atoms with van der Waals surface area (Å²) in [4.78, 5) is 31.0. The zero-order chi connectivity index (χ0) is 19.7. The van der Waals surface area contributed by atoms with Gasteiger partial charge in [-0.3, -0.25) is 14.6 Å². The first-order valence-electron chi connectivity index (χ1n) is 8.97.